The first kappa shape index (κ1) is 24.9. The summed E-state index contributed by atoms with van der Waals surface area (Å²) in [5, 5.41) is 13.7. The zero-order valence-electron chi connectivity index (χ0n) is 19.7. The van der Waals surface area contributed by atoms with Crippen LogP contribution in [0.4, 0.5) is 0 Å². The van der Waals surface area contributed by atoms with Crippen LogP contribution in [0.3, 0.4) is 0 Å². The number of hydrogen-bond donors (Lipinski definition) is 2. The van der Waals surface area contributed by atoms with Crippen molar-refractivity contribution in [2.45, 2.75) is 70.4 Å². The average Bonchev–Trinajstić information content (AvgIpc) is 3.33. The highest BCUT2D eigenvalue weighted by Crippen LogP contribution is 2.38. The predicted octanol–water partition coefficient (Wildman–Crippen LogP) is 4.15. The van der Waals surface area contributed by atoms with E-state index in [4.69, 9.17) is 0 Å². The maximum atomic E-state index is 13.2. The zero-order valence-corrected chi connectivity index (χ0v) is 20.6. The van der Waals surface area contributed by atoms with Crippen molar-refractivity contribution in [3.05, 3.63) is 47.5 Å². The van der Waals surface area contributed by atoms with Crippen LogP contribution in [0.1, 0.15) is 56.9 Å². The van der Waals surface area contributed by atoms with Gasteiger partial charge in [-0.15, -0.1) is 11.8 Å². The highest BCUT2D eigenvalue weighted by Gasteiger charge is 2.45. The summed E-state index contributed by atoms with van der Waals surface area (Å²) in [6.07, 6.45) is 4.25. The van der Waals surface area contributed by atoms with Gasteiger partial charge in [-0.25, -0.2) is 0 Å². The molecule has 2 N–H and O–H groups in total. The third-order valence-corrected chi connectivity index (χ3v) is 7.80. The molecule has 0 aromatic heterocycles. The number of aliphatic hydroxyl groups is 1. The molecule has 6 atom stereocenters. The van der Waals surface area contributed by atoms with Crippen molar-refractivity contribution < 1.29 is 14.7 Å². The lowest BCUT2D eigenvalue weighted by Crippen LogP contribution is -2.48. The Bertz CT molecular complexity index is 872. The van der Waals surface area contributed by atoms with Crippen LogP contribution in [0, 0.1) is 17.3 Å². The number of benzene rings is 1. The van der Waals surface area contributed by atoms with E-state index < -0.39 is 17.9 Å². The first-order valence-electron chi connectivity index (χ1n) is 11.5. The topological polar surface area (TPSA) is 78.8 Å². The molecular weight excluding hydrogens is 420 g/mol. The first-order valence-corrected chi connectivity index (χ1v) is 12.4. The number of nitrogens with one attached hydrogen (secondary N) is 1. The van der Waals surface area contributed by atoms with E-state index in [2.05, 4.69) is 41.5 Å². The molecule has 1 aliphatic carbocycles. The minimum atomic E-state index is -0.601. The van der Waals surface area contributed by atoms with Gasteiger partial charge in [-0.1, -0.05) is 51.1 Å². The summed E-state index contributed by atoms with van der Waals surface area (Å²) in [4.78, 5) is 30.5. The minimum absolute atomic E-state index is 0.0295. The third-order valence-electron chi connectivity index (χ3n) is 6.59. The summed E-state index contributed by atoms with van der Waals surface area (Å²) in [6.45, 7) is 8.16. The standard InChI is InChI=1S/C26H36N2O3S/c1-16-24(32-15-28-16)18-11-9-17(10-12-18)7-6-8-22(30)20-13-19(29)14-21(20)23(31)25(27-5)26(2,3)4/h6,8-12,15-16,19-21,24-25,27,29H,7,13-14H2,1-5H3/b8-6+/t16?,19-,20-,21?,24?,25-/m1/s1. The van der Waals surface area contributed by atoms with Crippen LogP contribution >= 0.6 is 11.8 Å². The van der Waals surface area contributed by atoms with Crippen LogP contribution in [0.5, 0.6) is 0 Å². The molecule has 1 fully saturated rings. The predicted molar refractivity (Wildman–Crippen MR) is 132 cm³/mol. The second-order valence-corrected chi connectivity index (χ2v) is 11.1. The molecule has 0 amide bonds. The molecule has 3 rings (SSSR count). The first-order chi connectivity index (χ1) is 15.1. The van der Waals surface area contributed by atoms with Gasteiger partial charge >= 0.3 is 0 Å². The summed E-state index contributed by atoms with van der Waals surface area (Å²) in [7, 11) is 1.78. The number of carbonyl (C=O) groups is 2. The molecule has 1 aromatic rings. The van der Waals surface area contributed by atoms with E-state index in [1.807, 2.05) is 32.4 Å². The number of thioether (sulfide) groups is 1. The number of likely N-dealkylation sites (N-methyl/N-ethyl adjacent to an activating group) is 1. The van der Waals surface area contributed by atoms with Gasteiger partial charge in [0.2, 0.25) is 0 Å². The Kier molecular flexibility index (Phi) is 8.12. The van der Waals surface area contributed by atoms with Gasteiger partial charge in [0, 0.05) is 11.8 Å². The monoisotopic (exact) mass is 456 g/mol. The Labute approximate surface area is 196 Å². The van der Waals surface area contributed by atoms with Crippen LogP contribution < -0.4 is 5.32 Å². The van der Waals surface area contributed by atoms with Crippen molar-refractivity contribution in [1.29, 1.82) is 0 Å². The SMILES string of the molecule is CN[C@H](C(=O)C1C[C@H](O)C[C@H]1C(=O)/C=C/Cc1ccc(C2SC=NC2C)cc1)C(C)(C)C. The smallest absolute Gasteiger partial charge is 0.159 e. The van der Waals surface area contributed by atoms with Crippen LogP contribution in [-0.2, 0) is 16.0 Å². The highest BCUT2D eigenvalue weighted by molar-refractivity contribution is 8.12. The molecule has 32 heavy (non-hydrogen) atoms. The van der Waals surface area contributed by atoms with Crippen LogP contribution in [0.2, 0.25) is 0 Å². The van der Waals surface area contributed by atoms with E-state index in [9.17, 15) is 14.7 Å². The van der Waals surface area contributed by atoms with Gasteiger partial charge in [-0.2, -0.15) is 0 Å². The number of nitrogens with zero attached hydrogens (tertiary/aromatic N) is 1. The summed E-state index contributed by atoms with van der Waals surface area (Å²) < 4.78 is 0. The highest BCUT2D eigenvalue weighted by atomic mass is 32.2. The number of hydrogen-bond acceptors (Lipinski definition) is 6. The molecule has 174 valence electrons. The van der Waals surface area contributed by atoms with Crippen molar-refractivity contribution in [2.75, 3.05) is 7.05 Å². The molecule has 3 unspecified atom stereocenters. The maximum Gasteiger partial charge on any atom is 0.159 e. The zero-order chi connectivity index (χ0) is 23.5. The molecule has 0 spiro atoms. The van der Waals surface area contributed by atoms with Gasteiger partial charge in [0.15, 0.2) is 11.6 Å². The van der Waals surface area contributed by atoms with Gasteiger partial charge in [-0.05, 0) is 55.9 Å². The Morgan fingerprint density at radius 3 is 2.44 bits per heavy atom. The molecule has 1 aliphatic heterocycles. The van der Waals surface area contributed by atoms with E-state index in [1.54, 1.807) is 24.9 Å². The number of aliphatic imine (C=N–C) groups is 1. The van der Waals surface area contributed by atoms with Crippen LogP contribution in [0.25, 0.3) is 0 Å². The quantitative estimate of drug-likeness (QED) is 0.575. The fourth-order valence-corrected chi connectivity index (χ4v) is 5.89. The van der Waals surface area contributed by atoms with Gasteiger partial charge in [0.25, 0.3) is 0 Å². The molecule has 1 aromatic carbocycles. The lowest BCUT2D eigenvalue weighted by Gasteiger charge is -2.32. The Balaban J connectivity index is 1.61. The average molecular weight is 457 g/mol. The lowest BCUT2D eigenvalue weighted by atomic mass is 9.77. The van der Waals surface area contributed by atoms with Crippen molar-refractivity contribution in [1.82, 2.24) is 5.32 Å². The number of allylic oxidation sites excluding steroid dienone is 2. The molecule has 0 saturated heterocycles. The van der Waals surface area contributed by atoms with E-state index in [0.717, 1.165) is 5.56 Å². The lowest BCUT2D eigenvalue weighted by molar-refractivity contribution is -0.132. The second-order valence-electron chi connectivity index (χ2n) is 10.1. The van der Waals surface area contributed by atoms with Crippen molar-refractivity contribution in [3.63, 3.8) is 0 Å². The molecule has 0 radical (unpaired) electrons. The number of aliphatic hydroxyl groups excluding tert-OH is 1. The molecule has 2 aliphatic rings. The van der Waals surface area contributed by atoms with Crippen molar-refractivity contribution in [2.24, 2.45) is 22.2 Å². The fraction of sp³-hybridized carbons (Fsp3) is 0.577. The molecule has 0 bridgehead atoms. The second kappa shape index (κ2) is 10.4. The number of ketones is 2. The minimum Gasteiger partial charge on any atom is -0.393 e. The van der Waals surface area contributed by atoms with Gasteiger partial charge in [0.05, 0.1) is 29.0 Å². The van der Waals surface area contributed by atoms with Crippen molar-refractivity contribution in [3.8, 4) is 0 Å². The Hall–Kier alpha value is -1.76. The van der Waals surface area contributed by atoms with Crippen LogP contribution in [0.15, 0.2) is 41.4 Å². The molecule has 6 heteroatoms. The third kappa shape index (κ3) is 5.77. The van der Waals surface area contributed by atoms with Crippen LogP contribution in [-0.4, -0.2) is 47.5 Å². The summed E-state index contributed by atoms with van der Waals surface area (Å²) in [5.74, 6) is -0.920. The summed E-state index contributed by atoms with van der Waals surface area (Å²) >= 11 is 1.75. The molecule has 1 heterocycles. The molecule has 5 nitrogen and oxygen atoms in total. The molecule has 1 saturated carbocycles. The Morgan fingerprint density at radius 1 is 1.22 bits per heavy atom. The van der Waals surface area contributed by atoms with Gasteiger partial charge in [0.1, 0.15) is 0 Å². The van der Waals surface area contributed by atoms with Crippen molar-refractivity contribution >= 4 is 28.9 Å². The Morgan fingerprint density at radius 2 is 1.88 bits per heavy atom. The normalized spacial score (nSPS) is 29.0. The summed E-state index contributed by atoms with van der Waals surface area (Å²) in [5.41, 5.74) is 4.07. The van der Waals surface area contributed by atoms with E-state index >= 15 is 0 Å². The summed E-state index contributed by atoms with van der Waals surface area (Å²) in [6, 6.07) is 8.42. The van der Waals surface area contributed by atoms with Gasteiger partial charge < -0.3 is 10.4 Å². The molecular formula is C26H36N2O3S. The number of rotatable bonds is 8. The fourth-order valence-electron chi connectivity index (χ4n) is 4.88. The largest absolute Gasteiger partial charge is 0.393 e. The maximum absolute atomic E-state index is 13.2. The number of carbonyl (C=O) groups excluding carboxylic acids is 2. The van der Waals surface area contributed by atoms with E-state index in [-0.39, 0.29) is 23.0 Å². The van der Waals surface area contributed by atoms with E-state index in [1.165, 1.54) is 5.56 Å². The van der Waals surface area contributed by atoms with E-state index in [0.29, 0.717) is 30.6 Å². The number of Topliss-reactive ketones (excluding diaryl/α,β-unsaturated/α-hetero) is 1. The van der Waals surface area contributed by atoms with Gasteiger partial charge in [-0.3, -0.25) is 14.6 Å².